The number of phenolic OH excluding ortho intramolecular Hbond substituents is 1. The smallest absolute Gasteiger partial charge is 0.368 e. The molecule has 0 bridgehead atoms. The van der Waals surface area contributed by atoms with Gasteiger partial charge in [-0.25, -0.2) is 9.97 Å². The Balaban J connectivity index is 1.43. The predicted molar refractivity (Wildman–Crippen MR) is 154 cm³/mol. The number of phenols is 1. The van der Waals surface area contributed by atoms with Crippen LogP contribution >= 0.6 is 16.1 Å². The Morgan fingerprint density at radius 2 is 1.90 bits per heavy atom. The highest BCUT2D eigenvalue weighted by Gasteiger charge is 2.46. The molecule has 3 aromatic heterocycles. The van der Waals surface area contributed by atoms with Crippen molar-refractivity contribution in [1.82, 2.24) is 29.5 Å². The normalized spacial score (nSPS) is 13.5. The number of rotatable bonds is 12. The van der Waals surface area contributed by atoms with Crippen LogP contribution in [0.5, 0.6) is 5.75 Å². The largest absolute Gasteiger partial charge is 0.508 e. The first-order chi connectivity index (χ1) is 19.7. The number of aromatic nitrogens is 6. The van der Waals surface area contributed by atoms with Gasteiger partial charge in [0.2, 0.25) is 11.0 Å². The maximum Gasteiger partial charge on any atom is 0.368 e. The lowest BCUT2D eigenvalue weighted by atomic mass is 10.1. The molecule has 7 N–H and O–H groups in total. The van der Waals surface area contributed by atoms with Gasteiger partial charge >= 0.3 is 7.60 Å². The van der Waals surface area contributed by atoms with Gasteiger partial charge in [-0.2, -0.15) is 9.97 Å². The van der Waals surface area contributed by atoms with Crippen molar-refractivity contribution in [3.8, 4) is 5.75 Å². The number of hydrogen-bond donors (Lipinski definition) is 7. The predicted octanol–water partition coefficient (Wildman–Crippen LogP) is 2.93. The quantitative estimate of drug-likeness (QED) is 0.103. The van der Waals surface area contributed by atoms with E-state index in [2.05, 4.69) is 35.6 Å². The molecule has 41 heavy (non-hydrogen) atoms. The number of fused-ring (bicyclic) bond motifs is 1. The molecule has 2 aromatic carbocycles. The number of aliphatic hydroxyl groups is 1. The van der Waals surface area contributed by atoms with Gasteiger partial charge in [0.25, 0.3) is 0 Å². The molecule has 14 nitrogen and oxygen atoms in total. The Bertz CT molecular complexity index is 1710. The third-order valence-corrected chi connectivity index (χ3v) is 9.56. The van der Waals surface area contributed by atoms with E-state index in [-0.39, 0.29) is 11.3 Å². The molecule has 0 aliphatic rings. The molecule has 0 amide bonds. The molecule has 0 saturated carbocycles. The summed E-state index contributed by atoms with van der Waals surface area (Å²) in [6.07, 6.45) is 6.28. The summed E-state index contributed by atoms with van der Waals surface area (Å²) in [5.74, 6) is 0.918. The van der Waals surface area contributed by atoms with Gasteiger partial charge in [-0.05, 0) is 36.2 Å². The number of nitrogens with one attached hydrogen (secondary N) is 3. The fourth-order valence-electron chi connectivity index (χ4n) is 4.21. The van der Waals surface area contributed by atoms with Crippen molar-refractivity contribution in [3.63, 3.8) is 0 Å². The van der Waals surface area contributed by atoms with E-state index in [1.165, 1.54) is 24.3 Å². The van der Waals surface area contributed by atoms with Crippen LogP contribution in [-0.4, -0.2) is 56.0 Å². The van der Waals surface area contributed by atoms with Gasteiger partial charge in [-0.15, -0.1) is 0 Å². The summed E-state index contributed by atoms with van der Waals surface area (Å²) < 4.78 is 25.2. The SMILES string of the molecule is O=[PH2]C(O)(c1ccc(Nc2nc(NCCc3cnc[nH]3)nc3c2ncn3CCc2cccc(O)c2)cc1)P(=O)(O)O. The fourth-order valence-corrected chi connectivity index (χ4v) is 5.57. The lowest BCUT2D eigenvalue weighted by Gasteiger charge is -2.23. The first-order valence-corrected chi connectivity index (χ1v) is 15.2. The summed E-state index contributed by atoms with van der Waals surface area (Å²) in [7, 11) is -7.31. The molecule has 0 radical (unpaired) electrons. The number of hydrogen-bond acceptors (Lipinski definition) is 10. The highest BCUT2D eigenvalue weighted by Crippen LogP contribution is 2.61. The van der Waals surface area contributed by atoms with Crippen molar-refractivity contribution in [2.24, 2.45) is 0 Å². The highest BCUT2D eigenvalue weighted by atomic mass is 31.2. The third-order valence-electron chi connectivity index (χ3n) is 6.43. The number of benzene rings is 2. The number of aryl methyl sites for hydroxylation is 2. The van der Waals surface area contributed by atoms with Crippen LogP contribution in [0.1, 0.15) is 16.8 Å². The second-order valence-corrected chi connectivity index (χ2v) is 12.6. The average Bonchev–Trinajstić information content (AvgIpc) is 3.62. The maximum absolute atomic E-state index is 11.8. The Kier molecular flexibility index (Phi) is 8.20. The van der Waals surface area contributed by atoms with E-state index in [9.17, 15) is 29.1 Å². The Morgan fingerprint density at radius 1 is 1.10 bits per heavy atom. The Hall–Kier alpha value is -4.06. The molecule has 5 rings (SSSR count). The van der Waals surface area contributed by atoms with E-state index in [1.807, 2.05) is 10.6 Å². The number of aromatic hydroxyl groups is 1. The van der Waals surface area contributed by atoms with E-state index < -0.39 is 21.1 Å². The molecule has 214 valence electrons. The molecule has 2 atom stereocenters. The number of imidazole rings is 2. The van der Waals surface area contributed by atoms with Crippen LogP contribution in [-0.2, 0) is 33.6 Å². The molecule has 0 aliphatic heterocycles. The van der Waals surface area contributed by atoms with Gasteiger partial charge in [-0.3, -0.25) is 4.57 Å². The Morgan fingerprint density at radius 3 is 2.59 bits per heavy atom. The van der Waals surface area contributed by atoms with Crippen LogP contribution in [0.2, 0.25) is 0 Å². The average molecular weight is 598 g/mol. The van der Waals surface area contributed by atoms with Crippen molar-refractivity contribution < 1.29 is 29.1 Å². The lowest BCUT2D eigenvalue weighted by Crippen LogP contribution is -2.18. The molecule has 0 spiro atoms. The molecule has 2 unspecified atom stereocenters. The van der Waals surface area contributed by atoms with Crippen LogP contribution in [0.15, 0.2) is 67.4 Å². The monoisotopic (exact) mass is 598 g/mol. The van der Waals surface area contributed by atoms with Crippen LogP contribution in [0.25, 0.3) is 11.2 Å². The minimum absolute atomic E-state index is 0.161. The van der Waals surface area contributed by atoms with Crippen molar-refractivity contribution in [2.45, 2.75) is 24.5 Å². The lowest BCUT2D eigenvalue weighted by molar-refractivity contribution is 0.168. The van der Waals surface area contributed by atoms with E-state index in [1.54, 1.807) is 37.1 Å². The number of aromatic amines is 1. The van der Waals surface area contributed by atoms with Crippen LogP contribution < -0.4 is 10.6 Å². The van der Waals surface area contributed by atoms with Gasteiger partial charge < -0.3 is 44.7 Å². The molecule has 0 aliphatic carbocycles. The standard InChI is InChI=1S/C25H28N8O6P2/c34-20-3-1-2-16(12-20)9-11-33-15-29-21-22(31-24(32-23(21)33)27-10-8-19-13-26-14-28-19)30-18-6-4-17(5-7-18)25(35,40-36)41(37,38)39/h1-7,12-15,34-35H,8-11,40H2,(H,26,28)(H2,37,38,39)(H2,27,30,31,32). The van der Waals surface area contributed by atoms with E-state index in [4.69, 9.17) is 0 Å². The number of nitrogens with zero attached hydrogens (tertiary/aromatic N) is 5. The van der Waals surface area contributed by atoms with Crippen LogP contribution in [0.3, 0.4) is 0 Å². The molecule has 3 heterocycles. The molecular formula is C25H28N8O6P2. The molecule has 5 aromatic rings. The van der Waals surface area contributed by atoms with E-state index in [0.29, 0.717) is 54.5 Å². The van der Waals surface area contributed by atoms with Crippen molar-refractivity contribution in [3.05, 3.63) is 84.2 Å². The second kappa shape index (κ2) is 11.8. The van der Waals surface area contributed by atoms with Gasteiger partial charge in [0, 0.05) is 42.7 Å². The topological polar surface area (TPSA) is 211 Å². The van der Waals surface area contributed by atoms with E-state index in [0.717, 1.165) is 11.3 Å². The van der Waals surface area contributed by atoms with Crippen LogP contribution in [0.4, 0.5) is 17.5 Å². The highest BCUT2D eigenvalue weighted by molar-refractivity contribution is 7.62. The third kappa shape index (κ3) is 6.32. The van der Waals surface area contributed by atoms with Gasteiger partial charge in [-0.1, -0.05) is 24.3 Å². The van der Waals surface area contributed by atoms with Crippen molar-refractivity contribution in [2.75, 3.05) is 17.2 Å². The molecule has 0 fully saturated rings. The summed E-state index contributed by atoms with van der Waals surface area (Å²) in [6.45, 7) is 1.06. The molecule has 0 saturated heterocycles. The first kappa shape index (κ1) is 28.5. The Labute approximate surface area is 234 Å². The van der Waals surface area contributed by atoms with Gasteiger partial charge in [0.05, 0.1) is 12.7 Å². The first-order valence-electron chi connectivity index (χ1n) is 12.5. The maximum atomic E-state index is 11.8. The minimum atomic E-state index is -5.09. The zero-order valence-electron chi connectivity index (χ0n) is 21.5. The summed E-state index contributed by atoms with van der Waals surface area (Å²) in [6, 6.07) is 12.6. The van der Waals surface area contributed by atoms with Crippen LogP contribution in [0, 0.1) is 0 Å². The summed E-state index contributed by atoms with van der Waals surface area (Å²) >= 11 is 0. The van der Waals surface area contributed by atoms with Gasteiger partial charge in [0.15, 0.2) is 17.0 Å². The number of H-pyrrole nitrogens is 1. The summed E-state index contributed by atoms with van der Waals surface area (Å²) in [4.78, 5) is 39.9. The summed E-state index contributed by atoms with van der Waals surface area (Å²) in [5.41, 5.74) is 3.27. The fraction of sp³-hybridized carbons (Fsp3) is 0.200. The molecular weight excluding hydrogens is 570 g/mol. The van der Waals surface area contributed by atoms with Crippen molar-refractivity contribution in [1.29, 1.82) is 0 Å². The van der Waals surface area contributed by atoms with Crippen molar-refractivity contribution >= 4 is 44.7 Å². The zero-order valence-corrected chi connectivity index (χ0v) is 23.6. The number of anilines is 3. The zero-order chi connectivity index (χ0) is 29.0. The minimum Gasteiger partial charge on any atom is -0.508 e. The van der Waals surface area contributed by atoms with Gasteiger partial charge in [0.1, 0.15) is 14.2 Å². The second-order valence-electron chi connectivity index (χ2n) is 9.27. The molecule has 16 heteroatoms. The summed E-state index contributed by atoms with van der Waals surface area (Å²) in [5, 5.41) is 23.8. The van der Waals surface area contributed by atoms with E-state index >= 15 is 0 Å².